The highest BCUT2D eigenvalue weighted by molar-refractivity contribution is 6.32. The van der Waals surface area contributed by atoms with Gasteiger partial charge in [-0.15, -0.1) is 0 Å². The van der Waals surface area contributed by atoms with Gasteiger partial charge in [0.2, 0.25) is 0 Å². The third kappa shape index (κ3) is 4.18. The van der Waals surface area contributed by atoms with Crippen LogP contribution < -0.4 is 5.32 Å². The van der Waals surface area contributed by atoms with Crippen molar-refractivity contribution < 1.29 is 4.79 Å². The molecule has 0 aliphatic carbocycles. The first-order valence-corrected chi connectivity index (χ1v) is 7.39. The zero-order valence-electron chi connectivity index (χ0n) is 12.9. The Balaban J connectivity index is 1.94. The molecule has 0 saturated carbocycles. The number of halogens is 1. The molecule has 2 rings (SSSR count). The molecule has 5 nitrogen and oxygen atoms in total. The van der Waals surface area contributed by atoms with E-state index in [1.165, 1.54) is 0 Å². The van der Waals surface area contributed by atoms with Crippen LogP contribution >= 0.6 is 11.6 Å². The van der Waals surface area contributed by atoms with Crippen LogP contribution in [0.2, 0.25) is 5.02 Å². The number of nitrogens with one attached hydrogen (secondary N) is 1. The third-order valence-electron chi connectivity index (χ3n) is 3.35. The molecule has 22 heavy (non-hydrogen) atoms. The summed E-state index contributed by atoms with van der Waals surface area (Å²) >= 11 is 6.13. The van der Waals surface area contributed by atoms with Crippen LogP contribution in [0.25, 0.3) is 0 Å². The molecular formula is C16H19ClN4O. The number of likely N-dealkylation sites (N-methyl/N-ethyl adjacent to an activating group) is 1. The molecule has 0 bridgehead atoms. The van der Waals surface area contributed by atoms with Gasteiger partial charge in [-0.1, -0.05) is 11.6 Å². The number of benzene rings is 1. The minimum Gasteiger partial charge on any atom is -0.327 e. The highest BCUT2D eigenvalue weighted by atomic mass is 35.5. The zero-order chi connectivity index (χ0) is 16.1. The fourth-order valence-corrected chi connectivity index (χ4v) is 2.19. The van der Waals surface area contributed by atoms with E-state index in [0.29, 0.717) is 13.0 Å². The summed E-state index contributed by atoms with van der Waals surface area (Å²) in [5, 5.41) is 3.61. The molecule has 116 valence electrons. The Morgan fingerprint density at radius 2 is 1.95 bits per heavy atom. The lowest BCUT2D eigenvalue weighted by Gasteiger charge is -2.18. The number of amides is 2. The number of aromatic nitrogens is 2. The maximum absolute atomic E-state index is 12.2. The third-order valence-corrected chi connectivity index (χ3v) is 3.95. The standard InChI is InChI=1S/C16H19ClN4O/c1-11-8-14(9-12(2)15(11)17)20-16(22)21(3)7-4-13-10-18-5-6-19-13/h5-6,8-10H,4,7H2,1-3H3,(H,20,22). The van der Waals surface area contributed by atoms with Gasteiger partial charge >= 0.3 is 6.03 Å². The van der Waals surface area contributed by atoms with Gasteiger partial charge in [0, 0.05) is 49.3 Å². The highest BCUT2D eigenvalue weighted by Gasteiger charge is 2.11. The number of carbonyl (C=O) groups excluding carboxylic acids is 1. The molecular weight excluding hydrogens is 300 g/mol. The van der Waals surface area contributed by atoms with E-state index >= 15 is 0 Å². The monoisotopic (exact) mass is 318 g/mol. The van der Waals surface area contributed by atoms with Crippen molar-refractivity contribution >= 4 is 23.3 Å². The molecule has 0 aliphatic heterocycles. The lowest BCUT2D eigenvalue weighted by molar-refractivity contribution is 0.223. The van der Waals surface area contributed by atoms with E-state index in [-0.39, 0.29) is 6.03 Å². The minimum absolute atomic E-state index is 0.162. The topological polar surface area (TPSA) is 58.1 Å². The van der Waals surface area contributed by atoms with Crippen molar-refractivity contribution in [2.75, 3.05) is 18.9 Å². The first-order chi connectivity index (χ1) is 10.5. The molecule has 2 aromatic rings. The van der Waals surface area contributed by atoms with Crippen LogP contribution in [0.3, 0.4) is 0 Å². The molecule has 0 fully saturated rings. The van der Waals surface area contributed by atoms with Crippen LogP contribution in [0.4, 0.5) is 10.5 Å². The number of hydrogen-bond acceptors (Lipinski definition) is 3. The number of carbonyl (C=O) groups is 1. The second kappa shape index (κ2) is 7.22. The Labute approximate surface area is 135 Å². The molecule has 0 atom stereocenters. The van der Waals surface area contributed by atoms with Crippen LogP contribution in [0.5, 0.6) is 0 Å². The van der Waals surface area contributed by atoms with Gasteiger partial charge in [-0.2, -0.15) is 0 Å². The summed E-state index contributed by atoms with van der Waals surface area (Å²) in [6, 6.07) is 3.57. The predicted octanol–water partition coefficient (Wildman–Crippen LogP) is 3.45. The number of rotatable bonds is 4. The van der Waals surface area contributed by atoms with Gasteiger partial charge in [0.05, 0.1) is 5.69 Å². The molecule has 1 N–H and O–H groups in total. The van der Waals surface area contributed by atoms with Gasteiger partial charge in [0.1, 0.15) is 0 Å². The average Bonchev–Trinajstić information content (AvgIpc) is 2.51. The smallest absolute Gasteiger partial charge is 0.321 e. The largest absolute Gasteiger partial charge is 0.327 e. The molecule has 0 unspecified atom stereocenters. The van der Waals surface area contributed by atoms with E-state index in [0.717, 1.165) is 27.5 Å². The Kier molecular flexibility index (Phi) is 5.33. The molecule has 1 heterocycles. The number of anilines is 1. The van der Waals surface area contributed by atoms with E-state index in [1.54, 1.807) is 30.5 Å². The Bertz CT molecular complexity index is 637. The van der Waals surface area contributed by atoms with Crippen molar-refractivity contribution in [3.05, 3.63) is 52.6 Å². The normalized spacial score (nSPS) is 10.4. The van der Waals surface area contributed by atoms with Crippen molar-refractivity contribution in [1.82, 2.24) is 14.9 Å². The SMILES string of the molecule is Cc1cc(NC(=O)N(C)CCc2cnccn2)cc(C)c1Cl. The minimum atomic E-state index is -0.162. The zero-order valence-corrected chi connectivity index (χ0v) is 13.7. The van der Waals surface area contributed by atoms with Crippen molar-refractivity contribution in [1.29, 1.82) is 0 Å². The molecule has 0 aliphatic rings. The Morgan fingerprint density at radius 3 is 2.55 bits per heavy atom. The number of urea groups is 1. The van der Waals surface area contributed by atoms with Gasteiger partial charge in [-0.25, -0.2) is 4.79 Å². The predicted molar refractivity (Wildman–Crippen MR) is 88.3 cm³/mol. The van der Waals surface area contributed by atoms with Crippen molar-refractivity contribution in [3.63, 3.8) is 0 Å². The second-order valence-corrected chi connectivity index (χ2v) is 5.60. The van der Waals surface area contributed by atoms with Gasteiger partial charge in [-0.3, -0.25) is 9.97 Å². The van der Waals surface area contributed by atoms with Crippen LogP contribution in [-0.2, 0) is 6.42 Å². The first kappa shape index (κ1) is 16.2. The van der Waals surface area contributed by atoms with E-state index in [2.05, 4.69) is 15.3 Å². The van der Waals surface area contributed by atoms with Gasteiger partial charge in [0.15, 0.2) is 0 Å². The summed E-state index contributed by atoms with van der Waals surface area (Å²) in [7, 11) is 1.75. The van der Waals surface area contributed by atoms with Gasteiger partial charge in [0.25, 0.3) is 0 Å². The number of aryl methyl sites for hydroxylation is 2. The fraction of sp³-hybridized carbons (Fsp3) is 0.312. The van der Waals surface area contributed by atoms with Crippen LogP contribution in [0.1, 0.15) is 16.8 Å². The lowest BCUT2D eigenvalue weighted by Crippen LogP contribution is -2.33. The van der Waals surface area contributed by atoms with Gasteiger partial charge < -0.3 is 10.2 Å². The fourth-order valence-electron chi connectivity index (χ4n) is 2.08. The van der Waals surface area contributed by atoms with Crippen molar-refractivity contribution in [3.8, 4) is 0 Å². The highest BCUT2D eigenvalue weighted by Crippen LogP contribution is 2.24. The molecule has 0 radical (unpaired) electrons. The molecule has 0 spiro atoms. The molecule has 2 amide bonds. The summed E-state index contributed by atoms with van der Waals surface area (Å²) in [5.41, 5.74) is 3.49. The maximum atomic E-state index is 12.2. The lowest BCUT2D eigenvalue weighted by atomic mass is 10.1. The maximum Gasteiger partial charge on any atom is 0.321 e. The van der Waals surface area contributed by atoms with E-state index in [4.69, 9.17) is 11.6 Å². The number of nitrogens with zero attached hydrogens (tertiary/aromatic N) is 3. The summed E-state index contributed by atoms with van der Waals surface area (Å²) in [4.78, 5) is 22.0. The molecule has 1 aromatic heterocycles. The van der Waals surface area contributed by atoms with Crippen molar-refractivity contribution in [2.24, 2.45) is 0 Å². The number of hydrogen-bond donors (Lipinski definition) is 1. The van der Waals surface area contributed by atoms with Crippen LogP contribution in [0, 0.1) is 13.8 Å². The average molecular weight is 319 g/mol. The Morgan fingerprint density at radius 1 is 1.27 bits per heavy atom. The molecule has 1 aromatic carbocycles. The summed E-state index contributed by atoms with van der Waals surface area (Å²) < 4.78 is 0. The summed E-state index contributed by atoms with van der Waals surface area (Å²) in [5.74, 6) is 0. The van der Waals surface area contributed by atoms with E-state index < -0.39 is 0 Å². The van der Waals surface area contributed by atoms with E-state index in [9.17, 15) is 4.79 Å². The molecule has 0 saturated heterocycles. The Hall–Kier alpha value is -2.14. The quantitative estimate of drug-likeness (QED) is 0.939. The molecule has 6 heteroatoms. The first-order valence-electron chi connectivity index (χ1n) is 7.01. The van der Waals surface area contributed by atoms with Crippen LogP contribution in [-0.4, -0.2) is 34.5 Å². The van der Waals surface area contributed by atoms with Crippen LogP contribution in [0.15, 0.2) is 30.7 Å². The second-order valence-electron chi connectivity index (χ2n) is 5.22. The van der Waals surface area contributed by atoms with Gasteiger partial charge in [-0.05, 0) is 37.1 Å². The summed E-state index contributed by atoms with van der Waals surface area (Å²) in [6.45, 7) is 4.40. The summed E-state index contributed by atoms with van der Waals surface area (Å²) in [6.07, 6.45) is 5.65. The van der Waals surface area contributed by atoms with Crippen molar-refractivity contribution in [2.45, 2.75) is 20.3 Å². The van der Waals surface area contributed by atoms with E-state index in [1.807, 2.05) is 26.0 Å².